The van der Waals surface area contributed by atoms with E-state index in [2.05, 4.69) is 10.5 Å². The Morgan fingerprint density at radius 3 is 2.65 bits per heavy atom. The van der Waals surface area contributed by atoms with Crippen LogP contribution in [-0.2, 0) is 0 Å². The third-order valence-corrected chi connectivity index (χ3v) is 4.68. The number of carboxylic acid groups (broad SMARTS) is 1. The van der Waals surface area contributed by atoms with Gasteiger partial charge in [0.05, 0.1) is 16.3 Å². The van der Waals surface area contributed by atoms with E-state index in [4.69, 9.17) is 16.1 Å². The van der Waals surface area contributed by atoms with E-state index in [-0.39, 0.29) is 16.8 Å². The van der Waals surface area contributed by atoms with E-state index >= 15 is 0 Å². The van der Waals surface area contributed by atoms with Crippen molar-refractivity contribution >= 4 is 51.8 Å². The number of aromatic nitrogens is 1. The number of anilines is 1. The van der Waals surface area contributed by atoms with Crippen molar-refractivity contribution < 1.29 is 19.2 Å². The van der Waals surface area contributed by atoms with E-state index in [0.717, 1.165) is 3.57 Å². The van der Waals surface area contributed by atoms with E-state index in [1.54, 1.807) is 43.3 Å². The fraction of sp³-hybridized carbons (Fsp3) is 0.0556. The van der Waals surface area contributed by atoms with Crippen LogP contribution >= 0.6 is 34.2 Å². The normalized spacial score (nSPS) is 10.6. The molecule has 132 valence electrons. The first-order chi connectivity index (χ1) is 12.4. The molecule has 0 radical (unpaired) electrons. The SMILES string of the molecule is Cc1onc(-c2ccccc2Cl)c1C(=O)Nc1ccc(I)cc1C(=O)O. The molecule has 0 unspecified atom stereocenters. The number of carboxylic acids is 1. The first-order valence-electron chi connectivity index (χ1n) is 7.44. The molecule has 3 aromatic rings. The van der Waals surface area contributed by atoms with Gasteiger partial charge in [-0.3, -0.25) is 4.79 Å². The number of hydrogen-bond acceptors (Lipinski definition) is 4. The average Bonchev–Trinajstić information content (AvgIpc) is 2.98. The third kappa shape index (κ3) is 3.58. The van der Waals surface area contributed by atoms with Gasteiger partial charge in [0.15, 0.2) is 0 Å². The second-order valence-electron chi connectivity index (χ2n) is 5.39. The van der Waals surface area contributed by atoms with Crippen molar-refractivity contribution in [3.63, 3.8) is 0 Å². The molecule has 6 nitrogen and oxygen atoms in total. The molecule has 1 amide bonds. The van der Waals surface area contributed by atoms with Gasteiger partial charge >= 0.3 is 5.97 Å². The fourth-order valence-corrected chi connectivity index (χ4v) is 3.18. The second-order valence-corrected chi connectivity index (χ2v) is 7.04. The number of aromatic carboxylic acids is 1. The van der Waals surface area contributed by atoms with Crippen LogP contribution in [0.1, 0.15) is 26.5 Å². The minimum absolute atomic E-state index is 0.00125. The number of carbonyl (C=O) groups is 2. The summed E-state index contributed by atoms with van der Waals surface area (Å²) in [7, 11) is 0. The van der Waals surface area contributed by atoms with Gasteiger partial charge in [-0.05, 0) is 53.8 Å². The summed E-state index contributed by atoms with van der Waals surface area (Å²) < 4.78 is 5.92. The summed E-state index contributed by atoms with van der Waals surface area (Å²) in [6.07, 6.45) is 0. The zero-order chi connectivity index (χ0) is 18.8. The predicted octanol–water partition coefficient (Wildman–Crippen LogP) is 4.86. The number of carbonyl (C=O) groups excluding carboxylic acids is 1. The molecule has 1 heterocycles. The lowest BCUT2D eigenvalue weighted by atomic mass is 10.1. The zero-order valence-electron chi connectivity index (χ0n) is 13.4. The molecule has 8 heteroatoms. The molecule has 0 saturated heterocycles. The van der Waals surface area contributed by atoms with Crippen LogP contribution in [0, 0.1) is 10.5 Å². The minimum Gasteiger partial charge on any atom is -0.478 e. The third-order valence-electron chi connectivity index (χ3n) is 3.68. The number of halogens is 2. The zero-order valence-corrected chi connectivity index (χ0v) is 16.3. The number of hydrogen-bond donors (Lipinski definition) is 2. The number of amides is 1. The summed E-state index contributed by atoms with van der Waals surface area (Å²) in [5, 5.41) is 16.3. The monoisotopic (exact) mass is 482 g/mol. The van der Waals surface area contributed by atoms with E-state index in [0.29, 0.717) is 22.0 Å². The Labute approximate surface area is 167 Å². The van der Waals surface area contributed by atoms with Gasteiger partial charge in [-0.15, -0.1) is 0 Å². The van der Waals surface area contributed by atoms with Crippen molar-refractivity contribution in [2.45, 2.75) is 6.92 Å². The minimum atomic E-state index is -1.13. The first kappa shape index (κ1) is 18.4. The van der Waals surface area contributed by atoms with Crippen molar-refractivity contribution in [1.82, 2.24) is 5.16 Å². The van der Waals surface area contributed by atoms with Crippen LogP contribution in [0.2, 0.25) is 5.02 Å². The van der Waals surface area contributed by atoms with Gasteiger partial charge in [-0.2, -0.15) is 0 Å². The molecule has 3 rings (SSSR count). The molecule has 0 fully saturated rings. The maximum Gasteiger partial charge on any atom is 0.337 e. The van der Waals surface area contributed by atoms with Gasteiger partial charge in [0, 0.05) is 9.13 Å². The highest BCUT2D eigenvalue weighted by Gasteiger charge is 2.24. The van der Waals surface area contributed by atoms with E-state index in [1.807, 2.05) is 22.6 Å². The van der Waals surface area contributed by atoms with Crippen LogP contribution in [0.25, 0.3) is 11.3 Å². The molecule has 0 aliphatic rings. The summed E-state index contributed by atoms with van der Waals surface area (Å²) in [5.74, 6) is -1.35. The number of benzene rings is 2. The van der Waals surface area contributed by atoms with Crippen LogP contribution < -0.4 is 5.32 Å². The molecule has 2 aromatic carbocycles. The van der Waals surface area contributed by atoms with Gasteiger partial charge in [-0.1, -0.05) is 35.0 Å². The molecule has 0 aliphatic heterocycles. The lowest BCUT2D eigenvalue weighted by molar-refractivity contribution is 0.0698. The molecule has 1 aromatic heterocycles. The summed E-state index contributed by atoms with van der Waals surface area (Å²) in [6.45, 7) is 1.61. The Hall–Kier alpha value is -2.39. The largest absolute Gasteiger partial charge is 0.478 e. The topological polar surface area (TPSA) is 92.4 Å². The van der Waals surface area contributed by atoms with E-state index in [9.17, 15) is 14.7 Å². The van der Waals surface area contributed by atoms with Gasteiger partial charge < -0.3 is 14.9 Å². The average molecular weight is 483 g/mol. The van der Waals surface area contributed by atoms with Crippen LogP contribution in [0.5, 0.6) is 0 Å². The molecule has 2 N–H and O–H groups in total. The summed E-state index contributed by atoms with van der Waals surface area (Å²) in [4.78, 5) is 24.3. The quantitative estimate of drug-likeness (QED) is 0.518. The Kier molecular flexibility index (Phi) is 5.28. The van der Waals surface area contributed by atoms with Gasteiger partial charge in [-0.25, -0.2) is 4.79 Å². The Bertz CT molecular complexity index is 1020. The first-order valence-corrected chi connectivity index (χ1v) is 8.89. The van der Waals surface area contributed by atoms with Crippen molar-refractivity contribution in [3.8, 4) is 11.3 Å². The molecule has 0 atom stereocenters. The Balaban J connectivity index is 2.02. The number of nitrogens with zero attached hydrogens (tertiary/aromatic N) is 1. The van der Waals surface area contributed by atoms with Crippen molar-refractivity contribution in [2.24, 2.45) is 0 Å². The molecule has 0 saturated carbocycles. The number of nitrogens with one attached hydrogen (secondary N) is 1. The second kappa shape index (κ2) is 7.46. The summed E-state index contributed by atoms with van der Waals surface area (Å²) in [6, 6.07) is 11.7. The van der Waals surface area contributed by atoms with Crippen molar-refractivity contribution in [2.75, 3.05) is 5.32 Å². The number of aryl methyl sites for hydroxylation is 1. The highest BCUT2D eigenvalue weighted by atomic mass is 127. The van der Waals surface area contributed by atoms with Gasteiger partial charge in [0.25, 0.3) is 5.91 Å². The maximum absolute atomic E-state index is 12.8. The summed E-state index contributed by atoms with van der Waals surface area (Å²) >= 11 is 8.20. The molecule has 0 spiro atoms. The smallest absolute Gasteiger partial charge is 0.337 e. The highest BCUT2D eigenvalue weighted by Crippen LogP contribution is 2.31. The molecule has 26 heavy (non-hydrogen) atoms. The van der Waals surface area contributed by atoms with Crippen LogP contribution in [0.15, 0.2) is 47.0 Å². The fourth-order valence-electron chi connectivity index (χ4n) is 2.46. The predicted molar refractivity (Wildman–Crippen MR) is 106 cm³/mol. The molecular formula is C18H12ClIN2O4. The lowest BCUT2D eigenvalue weighted by Crippen LogP contribution is -2.16. The number of rotatable bonds is 4. The van der Waals surface area contributed by atoms with Crippen LogP contribution in [0.4, 0.5) is 5.69 Å². The van der Waals surface area contributed by atoms with Crippen molar-refractivity contribution in [3.05, 3.63) is 67.9 Å². The molecular weight excluding hydrogens is 471 g/mol. The van der Waals surface area contributed by atoms with Gasteiger partial charge in [0.2, 0.25) is 0 Å². The Morgan fingerprint density at radius 1 is 1.23 bits per heavy atom. The summed E-state index contributed by atoms with van der Waals surface area (Å²) in [5.41, 5.74) is 1.24. The van der Waals surface area contributed by atoms with Crippen LogP contribution in [-0.4, -0.2) is 22.1 Å². The van der Waals surface area contributed by atoms with E-state index in [1.165, 1.54) is 6.07 Å². The Morgan fingerprint density at radius 2 is 1.96 bits per heavy atom. The molecule has 0 aliphatic carbocycles. The highest BCUT2D eigenvalue weighted by molar-refractivity contribution is 14.1. The lowest BCUT2D eigenvalue weighted by Gasteiger charge is -2.09. The molecule has 0 bridgehead atoms. The van der Waals surface area contributed by atoms with Gasteiger partial charge in [0.1, 0.15) is 17.0 Å². The van der Waals surface area contributed by atoms with Crippen molar-refractivity contribution in [1.29, 1.82) is 0 Å². The maximum atomic E-state index is 12.8. The van der Waals surface area contributed by atoms with Crippen LogP contribution in [0.3, 0.4) is 0 Å². The van der Waals surface area contributed by atoms with E-state index < -0.39 is 11.9 Å². The standard InChI is InChI=1S/C18H12ClIN2O4/c1-9-15(16(22-26-9)11-4-2-3-5-13(11)19)17(23)21-14-7-6-10(20)8-12(14)18(24)25/h2-8H,1H3,(H,21,23)(H,24,25).